The van der Waals surface area contributed by atoms with E-state index < -0.39 is 9.28 Å². The third-order valence-corrected chi connectivity index (χ3v) is 4.35. The van der Waals surface area contributed by atoms with Gasteiger partial charge in [0.25, 0.3) is 0 Å². The van der Waals surface area contributed by atoms with Crippen LogP contribution >= 0.6 is 0 Å². The van der Waals surface area contributed by atoms with E-state index in [1.54, 1.807) is 14.2 Å². The van der Waals surface area contributed by atoms with Gasteiger partial charge in [-0.15, -0.1) is 0 Å². The van der Waals surface area contributed by atoms with Crippen molar-refractivity contribution >= 4 is 9.28 Å². The van der Waals surface area contributed by atoms with Crippen LogP contribution in [0.25, 0.3) is 0 Å². The molecule has 0 unspecified atom stereocenters. The average Bonchev–Trinajstić information content (AvgIpc) is 2.22. The van der Waals surface area contributed by atoms with Crippen LogP contribution in [-0.2, 0) is 8.85 Å². The van der Waals surface area contributed by atoms with E-state index in [2.05, 4.69) is 0 Å². The van der Waals surface area contributed by atoms with Crippen LogP contribution in [0.2, 0.25) is 6.04 Å². The quantitative estimate of drug-likeness (QED) is 0.450. The van der Waals surface area contributed by atoms with E-state index in [4.69, 9.17) is 14.6 Å². The minimum absolute atomic E-state index is 0.836. The lowest BCUT2D eigenvalue weighted by Gasteiger charge is -2.09. The van der Waals surface area contributed by atoms with Gasteiger partial charge in [-0.1, -0.05) is 32.1 Å². The summed E-state index contributed by atoms with van der Waals surface area (Å²) in [5.74, 6) is 0. The zero-order valence-corrected chi connectivity index (χ0v) is 10.8. The molecule has 0 bridgehead atoms. The molecule has 0 aliphatic rings. The molecule has 0 radical (unpaired) electrons. The van der Waals surface area contributed by atoms with Crippen LogP contribution in [0.5, 0.6) is 0 Å². The smallest absolute Gasteiger partial charge is 0.320 e. The van der Waals surface area contributed by atoms with Crippen molar-refractivity contribution in [3.63, 3.8) is 0 Å². The zero-order chi connectivity index (χ0) is 10.6. The summed E-state index contributed by atoms with van der Waals surface area (Å²) in [5, 5.41) is 0. The largest absolute Gasteiger partial charge is 0.400 e. The Kier molecular flexibility index (Phi) is 11.3. The normalized spacial score (nSPS) is 11.1. The van der Waals surface area contributed by atoms with Crippen LogP contribution in [0.1, 0.15) is 38.5 Å². The van der Waals surface area contributed by atoms with Crippen LogP contribution in [0.3, 0.4) is 0 Å². The minimum atomic E-state index is -1.28. The summed E-state index contributed by atoms with van der Waals surface area (Å²) in [6.07, 6.45) is 7.67. The Balaban J connectivity index is 3.04. The molecule has 0 aromatic rings. The first-order valence-corrected chi connectivity index (χ1v) is 7.36. The zero-order valence-electron chi connectivity index (χ0n) is 9.63. The fourth-order valence-corrected chi connectivity index (χ4v) is 2.78. The minimum Gasteiger partial charge on any atom is -0.400 e. The number of hydrogen-bond donors (Lipinski definition) is 1. The monoisotopic (exact) mass is 219 g/mol. The molecule has 0 aliphatic carbocycles. The van der Waals surface area contributed by atoms with Crippen LogP contribution in [0.4, 0.5) is 0 Å². The molecule has 0 aromatic carbocycles. The first kappa shape index (κ1) is 14.1. The molecule has 0 heterocycles. The highest BCUT2D eigenvalue weighted by molar-refractivity contribution is 6.44. The summed E-state index contributed by atoms with van der Waals surface area (Å²) in [7, 11) is 2.23. The van der Waals surface area contributed by atoms with Crippen molar-refractivity contribution in [3.05, 3.63) is 0 Å². The van der Waals surface area contributed by atoms with Crippen LogP contribution < -0.4 is 5.73 Å². The van der Waals surface area contributed by atoms with Crippen molar-refractivity contribution < 1.29 is 8.85 Å². The van der Waals surface area contributed by atoms with E-state index >= 15 is 0 Å². The fraction of sp³-hybridized carbons (Fsp3) is 1.00. The van der Waals surface area contributed by atoms with Gasteiger partial charge in [0.1, 0.15) is 0 Å². The lowest BCUT2D eigenvalue weighted by atomic mass is 10.1. The third kappa shape index (κ3) is 8.68. The molecule has 0 aliphatic heterocycles. The Morgan fingerprint density at radius 1 is 0.857 bits per heavy atom. The number of rotatable bonds is 10. The van der Waals surface area contributed by atoms with Crippen molar-refractivity contribution in [1.82, 2.24) is 0 Å². The summed E-state index contributed by atoms with van der Waals surface area (Å²) in [4.78, 5) is 0. The Morgan fingerprint density at radius 2 is 1.36 bits per heavy atom. The van der Waals surface area contributed by atoms with Gasteiger partial charge in [0.05, 0.1) is 0 Å². The lowest BCUT2D eigenvalue weighted by Crippen LogP contribution is -2.18. The molecule has 0 atom stereocenters. The van der Waals surface area contributed by atoms with Crippen LogP contribution in [-0.4, -0.2) is 30.0 Å². The van der Waals surface area contributed by atoms with Crippen LogP contribution in [0, 0.1) is 0 Å². The standard InChI is InChI=1S/C10H25NO2Si/c1-12-14(13-2)10-8-6-4-3-5-7-9-11/h14H,3-11H2,1-2H3. The Morgan fingerprint density at radius 3 is 1.86 bits per heavy atom. The molecule has 3 nitrogen and oxygen atoms in total. The highest BCUT2D eigenvalue weighted by Gasteiger charge is 2.07. The maximum Gasteiger partial charge on any atom is 0.320 e. The summed E-state index contributed by atoms with van der Waals surface area (Å²) < 4.78 is 10.5. The molecule has 0 spiro atoms. The molecule has 86 valence electrons. The van der Waals surface area contributed by atoms with E-state index in [-0.39, 0.29) is 0 Å². The van der Waals surface area contributed by atoms with E-state index in [0.717, 1.165) is 12.6 Å². The predicted octanol–water partition coefficient (Wildman–Crippen LogP) is 1.80. The second kappa shape index (κ2) is 11.2. The predicted molar refractivity (Wildman–Crippen MR) is 62.7 cm³/mol. The van der Waals surface area contributed by atoms with Crippen molar-refractivity contribution in [1.29, 1.82) is 0 Å². The van der Waals surface area contributed by atoms with Gasteiger partial charge in [-0.2, -0.15) is 0 Å². The van der Waals surface area contributed by atoms with Gasteiger partial charge < -0.3 is 14.6 Å². The first-order chi connectivity index (χ1) is 6.85. The molecule has 0 saturated heterocycles. The molecular formula is C10H25NO2Si. The number of hydrogen-bond acceptors (Lipinski definition) is 3. The van der Waals surface area contributed by atoms with Crippen molar-refractivity contribution in [2.75, 3.05) is 20.8 Å². The molecule has 14 heavy (non-hydrogen) atoms. The van der Waals surface area contributed by atoms with Gasteiger partial charge in [-0.3, -0.25) is 0 Å². The summed E-state index contributed by atoms with van der Waals surface area (Å²) in [6.45, 7) is 0.836. The first-order valence-electron chi connectivity index (χ1n) is 5.60. The Hall–Kier alpha value is 0.0969. The Labute approximate surface area is 89.8 Å². The average molecular weight is 219 g/mol. The molecule has 0 saturated carbocycles. The Bertz CT molecular complexity index is 110. The van der Waals surface area contributed by atoms with Crippen molar-refractivity contribution in [3.8, 4) is 0 Å². The van der Waals surface area contributed by atoms with Gasteiger partial charge in [0.15, 0.2) is 0 Å². The maximum atomic E-state index is 5.42. The van der Waals surface area contributed by atoms with Gasteiger partial charge in [0.2, 0.25) is 0 Å². The molecule has 0 aromatic heterocycles. The molecule has 2 N–H and O–H groups in total. The van der Waals surface area contributed by atoms with E-state index in [9.17, 15) is 0 Å². The SMILES string of the molecule is CO[SiH](CCCCCCCCN)OC. The van der Waals surface area contributed by atoms with E-state index in [0.29, 0.717) is 0 Å². The molecule has 4 heteroatoms. The third-order valence-electron chi connectivity index (χ3n) is 2.42. The molecular weight excluding hydrogens is 194 g/mol. The molecule has 0 fully saturated rings. The fourth-order valence-electron chi connectivity index (χ4n) is 1.49. The van der Waals surface area contributed by atoms with Crippen molar-refractivity contribution in [2.24, 2.45) is 5.73 Å². The van der Waals surface area contributed by atoms with Crippen molar-refractivity contribution in [2.45, 2.75) is 44.6 Å². The highest BCUT2D eigenvalue weighted by Crippen LogP contribution is 2.09. The van der Waals surface area contributed by atoms with E-state index in [1.807, 2.05) is 0 Å². The molecule has 0 rings (SSSR count). The molecule has 0 amide bonds. The summed E-state index contributed by atoms with van der Waals surface area (Å²) in [6, 6.07) is 1.14. The second-order valence-corrected chi connectivity index (χ2v) is 5.98. The highest BCUT2D eigenvalue weighted by atomic mass is 28.3. The van der Waals surface area contributed by atoms with E-state index in [1.165, 1.54) is 38.5 Å². The topological polar surface area (TPSA) is 44.5 Å². The summed E-state index contributed by atoms with van der Waals surface area (Å²) in [5.41, 5.74) is 5.42. The van der Waals surface area contributed by atoms with Crippen LogP contribution in [0.15, 0.2) is 0 Å². The number of nitrogens with two attached hydrogens (primary N) is 1. The lowest BCUT2D eigenvalue weighted by molar-refractivity contribution is 0.276. The van der Waals surface area contributed by atoms with Gasteiger partial charge >= 0.3 is 9.28 Å². The van der Waals surface area contributed by atoms with Gasteiger partial charge in [-0.25, -0.2) is 0 Å². The van der Waals surface area contributed by atoms with Gasteiger partial charge in [-0.05, 0) is 19.0 Å². The van der Waals surface area contributed by atoms with Gasteiger partial charge in [0, 0.05) is 14.2 Å². The number of unbranched alkanes of at least 4 members (excludes halogenated alkanes) is 5. The second-order valence-electron chi connectivity index (χ2n) is 3.60. The summed E-state index contributed by atoms with van der Waals surface area (Å²) >= 11 is 0. The maximum absolute atomic E-state index is 5.42.